The van der Waals surface area contributed by atoms with E-state index in [0.717, 1.165) is 28.0 Å². The molecule has 2 nitrogen and oxygen atoms in total. The highest BCUT2D eigenvalue weighted by Crippen LogP contribution is 2.41. The van der Waals surface area contributed by atoms with Crippen LogP contribution in [0.3, 0.4) is 0 Å². The van der Waals surface area contributed by atoms with Gasteiger partial charge in [-0.25, -0.2) is 0 Å². The van der Waals surface area contributed by atoms with Crippen molar-refractivity contribution in [2.24, 2.45) is 0 Å². The Morgan fingerprint density at radius 3 is 2.17 bits per heavy atom. The lowest BCUT2D eigenvalue weighted by Crippen LogP contribution is -1.98. The summed E-state index contributed by atoms with van der Waals surface area (Å²) in [5, 5.41) is 4.92. The molecule has 0 aliphatic carbocycles. The summed E-state index contributed by atoms with van der Waals surface area (Å²) in [7, 11) is 0. The first-order valence-corrected chi connectivity index (χ1v) is 10.2. The number of nitrogens with zero attached hydrogens (tertiary/aromatic N) is 1. The second-order valence-corrected chi connectivity index (χ2v) is 7.68. The highest BCUT2D eigenvalue weighted by Gasteiger charge is 2.18. The Bertz CT molecular complexity index is 1540. The zero-order valence-electron chi connectivity index (χ0n) is 16.4. The number of anilines is 1. The predicted molar refractivity (Wildman–Crippen MR) is 128 cm³/mol. The first-order valence-electron chi connectivity index (χ1n) is 10.2. The van der Waals surface area contributed by atoms with Crippen LogP contribution in [-0.4, -0.2) is 4.57 Å². The fraction of sp³-hybridized carbons (Fsp3) is 0. The number of hydrogen-bond acceptors (Lipinski definition) is 1. The van der Waals surface area contributed by atoms with E-state index in [1.54, 1.807) is 0 Å². The SMILES string of the molecule is Nc1ccc2c3ccccc3n(-c3ccc4ccccc4c3)c2c1-c1ccccc1. The van der Waals surface area contributed by atoms with Crippen LogP contribution in [-0.2, 0) is 0 Å². The van der Waals surface area contributed by atoms with Crippen LogP contribution in [0.4, 0.5) is 5.69 Å². The second kappa shape index (κ2) is 6.50. The lowest BCUT2D eigenvalue weighted by molar-refractivity contribution is 1.19. The highest BCUT2D eigenvalue weighted by molar-refractivity contribution is 6.16. The van der Waals surface area contributed by atoms with E-state index in [4.69, 9.17) is 5.73 Å². The Kier molecular flexibility index (Phi) is 3.65. The van der Waals surface area contributed by atoms with Gasteiger partial charge in [0.2, 0.25) is 0 Å². The highest BCUT2D eigenvalue weighted by atomic mass is 15.0. The maximum atomic E-state index is 6.56. The van der Waals surface area contributed by atoms with E-state index >= 15 is 0 Å². The number of hydrogen-bond donors (Lipinski definition) is 1. The summed E-state index contributed by atoms with van der Waals surface area (Å²) in [5.41, 5.74) is 13.0. The van der Waals surface area contributed by atoms with Gasteiger partial charge < -0.3 is 10.3 Å². The summed E-state index contributed by atoms with van der Waals surface area (Å²) in [6, 6.07) is 38.3. The molecule has 5 aromatic carbocycles. The minimum absolute atomic E-state index is 0.790. The van der Waals surface area contributed by atoms with Crippen molar-refractivity contribution in [3.63, 3.8) is 0 Å². The van der Waals surface area contributed by atoms with Crippen LogP contribution in [0.15, 0.2) is 109 Å². The molecule has 1 heterocycles. The molecule has 1 aromatic heterocycles. The molecule has 2 heteroatoms. The minimum Gasteiger partial charge on any atom is -0.398 e. The van der Waals surface area contributed by atoms with E-state index in [1.807, 2.05) is 12.1 Å². The average molecular weight is 384 g/mol. The largest absolute Gasteiger partial charge is 0.398 e. The molecule has 2 N–H and O–H groups in total. The summed E-state index contributed by atoms with van der Waals surface area (Å²) in [4.78, 5) is 0. The summed E-state index contributed by atoms with van der Waals surface area (Å²) in [6.45, 7) is 0. The molecular weight excluding hydrogens is 364 g/mol. The van der Waals surface area contributed by atoms with E-state index in [1.165, 1.54) is 27.1 Å². The maximum absolute atomic E-state index is 6.56. The number of rotatable bonds is 2. The number of benzene rings is 5. The summed E-state index contributed by atoms with van der Waals surface area (Å²) in [5.74, 6) is 0. The van der Waals surface area contributed by atoms with Crippen LogP contribution in [0.2, 0.25) is 0 Å². The molecule has 6 aromatic rings. The molecule has 6 rings (SSSR count). The Morgan fingerprint density at radius 1 is 0.567 bits per heavy atom. The number of nitrogen functional groups attached to an aromatic ring is 1. The average Bonchev–Trinajstić information content (AvgIpc) is 3.13. The van der Waals surface area contributed by atoms with Gasteiger partial charge in [0.15, 0.2) is 0 Å². The lowest BCUT2D eigenvalue weighted by Gasteiger charge is -2.14. The van der Waals surface area contributed by atoms with Crippen molar-refractivity contribution < 1.29 is 0 Å². The van der Waals surface area contributed by atoms with Crippen molar-refractivity contribution in [2.75, 3.05) is 5.73 Å². The number of fused-ring (bicyclic) bond motifs is 4. The molecule has 0 amide bonds. The Morgan fingerprint density at radius 2 is 1.30 bits per heavy atom. The van der Waals surface area contributed by atoms with Crippen LogP contribution in [0.1, 0.15) is 0 Å². The van der Waals surface area contributed by atoms with Crippen LogP contribution >= 0.6 is 0 Å². The molecule has 0 fully saturated rings. The molecular formula is C28H20N2. The zero-order chi connectivity index (χ0) is 20.1. The van der Waals surface area contributed by atoms with E-state index < -0.39 is 0 Å². The van der Waals surface area contributed by atoms with Gasteiger partial charge in [0.25, 0.3) is 0 Å². The van der Waals surface area contributed by atoms with E-state index in [0.29, 0.717) is 0 Å². The summed E-state index contributed by atoms with van der Waals surface area (Å²) < 4.78 is 2.36. The molecule has 0 atom stereocenters. The monoisotopic (exact) mass is 384 g/mol. The van der Waals surface area contributed by atoms with E-state index in [9.17, 15) is 0 Å². The predicted octanol–water partition coefficient (Wildman–Crippen LogP) is 7.19. The van der Waals surface area contributed by atoms with Crippen molar-refractivity contribution in [1.29, 1.82) is 0 Å². The third-order valence-electron chi connectivity index (χ3n) is 5.92. The fourth-order valence-corrected chi connectivity index (χ4v) is 4.57. The standard InChI is InChI=1S/C28H20N2/c29-25-17-16-24-23-12-6-7-13-26(23)30(28(24)27(25)20-9-2-1-3-10-20)22-15-14-19-8-4-5-11-21(19)18-22/h1-18H,29H2. The van der Waals surface area contributed by atoms with Gasteiger partial charge in [-0.05, 0) is 40.6 Å². The first kappa shape index (κ1) is 16.9. The maximum Gasteiger partial charge on any atom is 0.0640 e. The molecule has 0 aliphatic heterocycles. The van der Waals surface area contributed by atoms with Crippen LogP contribution in [0.5, 0.6) is 0 Å². The smallest absolute Gasteiger partial charge is 0.0640 e. The summed E-state index contributed by atoms with van der Waals surface area (Å²) >= 11 is 0. The van der Waals surface area contributed by atoms with Gasteiger partial charge in [-0.3, -0.25) is 0 Å². The molecule has 0 radical (unpaired) electrons. The first-order chi connectivity index (χ1) is 14.8. The van der Waals surface area contributed by atoms with Crippen molar-refractivity contribution in [3.05, 3.63) is 109 Å². The van der Waals surface area contributed by atoms with Crippen LogP contribution in [0.25, 0.3) is 49.4 Å². The number of aromatic nitrogens is 1. The zero-order valence-corrected chi connectivity index (χ0v) is 16.4. The van der Waals surface area contributed by atoms with Crippen molar-refractivity contribution >= 4 is 38.3 Å². The third-order valence-corrected chi connectivity index (χ3v) is 5.92. The molecule has 0 aliphatic rings. The Hall–Kier alpha value is -4.04. The van der Waals surface area contributed by atoms with Gasteiger partial charge >= 0.3 is 0 Å². The van der Waals surface area contributed by atoms with Gasteiger partial charge in [-0.1, -0.05) is 84.9 Å². The topological polar surface area (TPSA) is 30.9 Å². The van der Waals surface area contributed by atoms with E-state index in [2.05, 4.69) is 102 Å². The van der Waals surface area contributed by atoms with Crippen LogP contribution < -0.4 is 5.73 Å². The number of para-hydroxylation sites is 1. The molecule has 0 bridgehead atoms. The normalized spacial score (nSPS) is 11.5. The second-order valence-electron chi connectivity index (χ2n) is 7.68. The van der Waals surface area contributed by atoms with Gasteiger partial charge in [-0.2, -0.15) is 0 Å². The van der Waals surface area contributed by atoms with E-state index in [-0.39, 0.29) is 0 Å². The molecule has 0 unspecified atom stereocenters. The molecule has 30 heavy (non-hydrogen) atoms. The third kappa shape index (κ3) is 2.44. The summed E-state index contributed by atoms with van der Waals surface area (Å²) in [6.07, 6.45) is 0. The van der Waals surface area contributed by atoms with Gasteiger partial charge in [0.05, 0.1) is 11.0 Å². The lowest BCUT2D eigenvalue weighted by atomic mass is 10.00. The van der Waals surface area contributed by atoms with Crippen molar-refractivity contribution in [2.45, 2.75) is 0 Å². The quantitative estimate of drug-likeness (QED) is 0.315. The van der Waals surface area contributed by atoms with Gasteiger partial charge in [-0.15, -0.1) is 0 Å². The number of nitrogens with two attached hydrogens (primary N) is 1. The Labute approximate surface area is 174 Å². The van der Waals surface area contributed by atoms with Crippen molar-refractivity contribution in [3.8, 4) is 16.8 Å². The minimum atomic E-state index is 0.790. The van der Waals surface area contributed by atoms with Crippen LogP contribution in [0, 0.1) is 0 Å². The van der Waals surface area contributed by atoms with Crippen molar-refractivity contribution in [1.82, 2.24) is 4.57 Å². The Balaban J connectivity index is 1.80. The van der Waals surface area contributed by atoms with Gasteiger partial charge in [0, 0.05) is 27.7 Å². The fourth-order valence-electron chi connectivity index (χ4n) is 4.57. The van der Waals surface area contributed by atoms with Gasteiger partial charge in [0.1, 0.15) is 0 Å². The molecule has 0 saturated carbocycles. The molecule has 142 valence electrons. The molecule has 0 spiro atoms. The molecule has 0 saturated heterocycles.